The topological polar surface area (TPSA) is 90.9 Å². The zero-order valence-corrected chi connectivity index (χ0v) is 18.3. The monoisotopic (exact) mass is 431 g/mol. The van der Waals surface area contributed by atoms with Gasteiger partial charge < -0.3 is 5.32 Å². The van der Waals surface area contributed by atoms with Gasteiger partial charge in [-0.25, -0.2) is 9.67 Å². The molecule has 1 amide bonds. The maximum Gasteiger partial charge on any atom is 0.295 e. The Morgan fingerprint density at radius 1 is 1.00 bits per heavy atom. The van der Waals surface area contributed by atoms with E-state index in [0.29, 0.717) is 29.6 Å². The van der Waals surface area contributed by atoms with Crippen LogP contribution in [0.25, 0.3) is 16.6 Å². The summed E-state index contributed by atoms with van der Waals surface area (Å²) in [7, 11) is 1.78. The van der Waals surface area contributed by atoms with E-state index in [1.165, 1.54) is 15.6 Å². The third-order valence-electron chi connectivity index (χ3n) is 5.68. The van der Waals surface area contributed by atoms with Crippen molar-refractivity contribution in [1.29, 1.82) is 0 Å². The molecule has 0 unspecified atom stereocenters. The first kappa shape index (κ1) is 21.3. The van der Waals surface area contributed by atoms with E-state index in [0.717, 1.165) is 11.3 Å². The Morgan fingerprint density at radius 3 is 2.50 bits per heavy atom. The third-order valence-corrected chi connectivity index (χ3v) is 5.68. The Bertz CT molecular complexity index is 1410. The first-order valence-electron chi connectivity index (χ1n) is 10.5. The fraction of sp³-hybridized carbons (Fsp3) is 0.250. The number of carbonyl (C=O) groups excluding carboxylic acids is 1. The molecule has 0 aliphatic heterocycles. The fourth-order valence-electron chi connectivity index (χ4n) is 3.82. The van der Waals surface area contributed by atoms with Gasteiger partial charge in [0, 0.05) is 20.0 Å². The van der Waals surface area contributed by atoms with E-state index in [4.69, 9.17) is 0 Å². The summed E-state index contributed by atoms with van der Waals surface area (Å²) >= 11 is 0. The molecule has 4 rings (SSSR count). The van der Waals surface area contributed by atoms with Crippen LogP contribution in [0.15, 0.2) is 64.4 Å². The molecule has 8 heteroatoms. The average Bonchev–Trinajstić information content (AvgIpc) is 2.99. The van der Waals surface area contributed by atoms with Gasteiger partial charge in [0.15, 0.2) is 0 Å². The molecule has 0 spiro atoms. The first-order chi connectivity index (χ1) is 15.4. The Hall–Kier alpha value is -3.94. The lowest BCUT2D eigenvalue weighted by Gasteiger charge is -2.08. The number of hydrogen-bond donors (Lipinski definition) is 1. The minimum absolute atomic E-state index is 0.122. The highest BCUT2D eigenvalue weighted by molar-refractivity contribution is 5.91. The smallest absolute Gasteiger partial charge is 0.295 e. The van der Waals surface area contributed by atoms with Gasteiger partial charge in [-0.05, 0) is 44.0 Å². The van der Waals surface area contributed by atoms with Crippen molar-refractivity contribution < 1.29 is 4.79 Å². The van der Waals surface area contributed by atoms with E-state index >= 15 is 0 Å². The number of nitrogens with one attached hydrogen (secondary N) is 1. The van der Waals surface area contributed by atoms with Gasteiger partial charge in [0.1, 0.15) is 5.69 Å². The standard InChI is InChI=1S/C24H25N5O3/c1-16-9-7-12-19-21(16)25-15-28(23(19)31)14-8-13-20(30)26-22-17(2)27(3)29(24(22)32)18-10-5-4-6-11-18/h4-7,9-12,15H,8,13-14H2,1-3H3,(H,26,30). The van der Waals surface area contributed by atoms with Gasteiger partial charge >= 0.3 is 0 Å². The van der Waals surface area contributed by atoms with Crippen molar-refractivity contribution in [2.24, 2.45) is 7.05 Å². The van der Waals surface area contributed by atoms with Crippen LogP contribution in [-0.4, -0.2) is 24.8 Å². The predicted octanol–water partition coefficient (Wildman–Crippen LogP) is 2.92. The largest absolute Gasteiger partial charge is 0.320 e. The summed E-state index contributed by atoms with van der Waals surface area (Å²) in [6.45, 7) is 4.07. The van der Waals surface area contributed by atoms with Crippen LogP contribution in [0.5, 0.6) is 0 Å². The van der Waals surface area contributed by atoms with Gasteiger partial charge in [0.25, 0.3) is 11.1 Å². The third kappa shape index (κ3) is 3.87. The molecular formula is C24H25N5O3. The number of nitrogens with zero attached hydrogens (tertiary/aromatic N) is 4. The van der Waals surface area contributed by atoms with E-state index in [-0.39, 0.29) is 29.1 Å². The van der Waals surface area contributed by atoms with Crippen LogP contribution in [0.1, 0.15) is 24.1 Å². The van der Waals surface area contributed by atoms with E-state index in [1.54, 1.807) is 24.7 Å². The quantitative estimate of drug-likeness (QED) is 0.508. The number of rotatable bonds is 6. The minimum Gasteiger partial charge on any atom is -0.320 e. The maximum atomic E-state index is 12.9. The van der Waals surface area contributed by atoms with Crippen molar-refractivity contribution in [1.82, 2.24) is 18.9 Å². The van der Waals surface area contributed by atoms with E-state index in [9.17, 15) is 14.4 Å². The van der Waals surface area contributed by atoms with Gasteiger partial charge in [0.2, 0.25) is 5.91 Å². The molecule has 32 heavy (non-hydrogen) atoms. The molecule has 8 nitrogen and oxygen atoms in total. The lowest BCUT2D eigenvalue weighted by molar-refractivity contribution is -0.116. The number of carbonyl (C=O) groups is 1. The molecule has 0 saturated heterocycles. The Labute approximate surface area is 184 Å². The maximum absolute atomic E-state index is 12.9. The fourth-order valence-corrected chi connectivity index (χ4v) is 3.82. The van der Waals surface area contributed by atoms with Gasteiger partial charge in [-0.3, -0.25) is 23.6 Å². The molecule has 0 atom stereocenters. The highest BCUT2D eigenvalue weighted by Crippen LogP contribution is 2.15. The molecule has 1 N–H and O–H groups in total. The number of amides is 1. The molecule has 0 radical (unpaired) electrons. The number of para-hydroxylation sites is 2. The van der Waals surface area contributed by atoms with Crippen molar-refractivity contribution in [2.45, 2.75) is 33.2 Å². The summed E-state index contributed by atoms with van der Waals surface area (Å²) in [4.78, 5) is 42.5. The second-order valence-corrected chi connectivity index (χ2v) is 7.80. The summed E-state index contributed by atoms with van der Waals surface area (Å²) in [5.74, 6) is -0.270. The molecule has 2 aromatic carbocycles. The number of benzene rings is 2. The van der Waals surface area contributed by atoms with E-state index in [2.05, 4.69) is 10.3 Å². The van der Waals surface area contributed by atoms with Crippen LogP contribution in [0.4, 0.5) is 5.69 Å². The van der Waals surface area contributed by atoms with Crippen molar-refractivity contribution in [3.63, 3.8) is 0 Å². The van der Waals surface area contributed by atoms with Crippen LogP contribution in [-0.2, 0) is 18.4 Å². The Kier molecular flexibility index (Phi) is 5.77. The minimum atomic E-state index is -0.283. The van der Waals surface area contributed by atoms with Crippen LogP contribution < -0.4 is 16.4 Å². The number of aromatic nitrogens is 4. The van der Waals surface area contributed by atoms with Gasteiger partial charge in [0.05, 0.1) is 28.6 Å². The van der Waals surface area contributed by atoms with E-state index < -0.39 is 0 Å². The van der Waals surface area contributed by atoms with Crippen LogP contribution in [0.2, 0.25) is 0 Å². The van der Waals surface area contributed by atoms with Crippen molar-refractivity contribution >= 4 is 22.5 Å². The second-order valence-electron chi connectivity index (χ2n) is 7.80. The summed E-state index contributed by atoms with van der Waals surface area (Å²) in [5, 5.41) is 3.32. The molecule has 2 heterocycles. The van der Waals surface area contributed by atoms with Crippen LogP contribution >= 0.6 is 0 Å². The molecule has 0 saturated carbocycles. The van der Waals surface area contributed by atoms with Gasteiger partial charge in [-0.1, -0.05) is 30.3 Å². The Morgan fingerprint density at radius 2 is 1.75 bits per heavy atom. The normalized spacial score (nSPS) is 11.1. The number of fused-ring (bicyclic) bond motifs is 1. The van der Waals surface area contributed by atoms with Crippen molar-refractivity contribution in [3.8, 4) is 5.69 Å². The average molecular weight is 431 g/mol. The molecular weight excluding hydrogens is 406 g/mol. The summed E-state index contributed by atoms with van der Waals surface area (Å²) < 4.78 is 4.76. The lowest BCUT2D eigenvalue weighted by Crippen LogP contribution is -2.24. The molecule has 0 fully saturated rings. The summed E-state index contributed by atoms with van der Waals surface area (Å²) in [6.07, 6.45) is 2.15. The Balaban J connectivity index is 1.46. The molecule has 4 aromatic rings. The number of hydrogen-bond acceptors (Lipinski definition) is 4. The van der Waals surface area contributed by atoms with Crippen molar-refractivity contribution in [3.05, 3.63) is 86.8 Å². The number of aryl methyl sites for hydroxylation is 2. The molecule has 164 valence electrons. The molecule has 0 aliphatic rings. The highest BCUT2D eigenvalue weighted by atomic mass is 16.2. The van der Waals surface area contributed by atoms with Crippen LogP contribution in [0, 0.1) is 13.8 Å². The predicted molar refractivity (Wildman–Crippen MR) is 124 cm³/mol. The SMILES string of the molecule is Cc1cccc2c(=O)n(CCCC(=O)Nc3c(C)n(C)n(-c4ccccc4)c3=O)cnc12. The van der Waals surface area contributed by atoms with Gasteiger partial charge in [-0.15, -0.1) is 0 Å². The molecule has 0 bridgehead atoms. The summed E-state index contributed by atoms with van der Waals surface area (Å²) in [6, 6.07) is 14.8. The van der Waals surface area contributed by atoms with Crippen LogP contribution in [0.3, 0.4) is 0 Å². The second kappa shape index (κ2) is 8.66. The first-order valence-corrected chi connectivity index (χ1v) is 10.5. The number of anilines is 1. The lowest BCUT2D eigenvalue weighted by atomic mass is 10.1. The van der Waals surface area contributed by atoms with E-state index in [1.807, 2.05) is 49.4 Å². The zero-order chi connectivity index (χ0) is 22.8. The zero-order valence-electron chi connectivity index (χ0n) is 18.3. The van der Waals surface area contributed by atoms with Gasteiger partial charge in [-0.2, -0.15) is 0 Å². The molecule has 0 aliphatic carbocycles. The highest BCUT2D eigenvalue weighted by Gasteiger charge is 2.18. The summed E-state index contributed by atoms with van der Waals surface area (Å²) in [5.41, 5.74) is 2.89. The van der Waals surface area contributed by atoms with Crippen molar-refractivity contribution in [2.75, 3.05) is 5.32 Å². The molecule has 2 aromatic heterocycles.